The summed E-state index contributed by atoms with van der Waals surface area (Å²) in [6.07, 6.45) is 1.18. The molecule has 1 heterocycles. The molecule has 0 radical (unpaired) electrons. The Bertz CT molecular complexity index is 1320. The maximum absolute atomic E-state index is 13.7. The van der Waals surface area contributed by atoms with E-state index in [0.717, 1.165) is 15.7 Å². The molecule has 1 aliphatic carbocycles. The van der Waals surface area contributed by atoms with Gasteiger partial charge in [-0.25, -0.2) is 13.3 Å². The van der Waals surface area contributed by atoms with Gasteiger partial charge in [0.15, 0.2) is 0 Å². The Hall–Kier alpha value is -3.23. The van der Waals surface area contributed by atoms with Crippen molar-refractivity contribution in [1.29, 1.82) is 0 Å². The number of ether oxygens (including phenoxy) is 1. The average molecular weight is 451 g/mol. The van der Waals surface area contributed by atoms with Crippen LogP contribution < -0.4 is 9.64 Å². The van der Waals surface area contributed by atoms with E-state index in [9.17, 15) is 18.0 Å². The molecule has 1 saturated heterocycles. The highest BCUT2D eigenvalue weighted by Crippen LogP contribution is 2.38. The van der Waals surface area contributed by atoms with Crippen molar-refractivity contribution in [1.82, 2.24) is 4.31 Å². The molecule has 1 saturated carbocycles. The van der Waals surface area contributed by atoms with Gasteiger partial charge in [0.25, 0.3) is 5.91 Å². The zero-order chi connectivity index (χ0) is 22.5. The lowest BCUT2D eigenvalue weighted by atomic mass is 10.1. The first-order valence-electron chi connectivity index (χ1n) is 10.4. The van der Waals surface area contributed by atoms with Crippen LogP contribution in [0.25, 0.3) is 10.8 Å². The Morgan fingerprint density at radius 1 is 0.938 bits per heavy atom. The van der Waals surface area contributed by atoms with Crippen LogP contribution in [0, 0.1) is 0 Å². The van der Waals surface area contributed by atoms with Crippen LogP contribution in [0.2, 0.25) is 0 Å². The molecule has 8 heteroatoms. The highest BCUT2D eigenvalue weighted by Gasteiger charge is 2.51. The molecule has 2 aliphatic rings. The summed E-state index contributed by atoms with van der Waals surface area (Å²) in [5, 5.41) is 1.74. The van der Waals surface area contributed by atoms with E-state index in [1.165, 1.54) is 11.4 Å². The fourth-order valence-corrected chi connectivity index (χ4v) is 6.08. The van der Waals surface area contributed by atoms with E-state index in [-0.39, 0.29) is 17.4 Å². The average Bonchev–Trinajstić information content (AvgIpc) is 3.59. The van der Waals surface area contributed by atoms with E-state index in [4.69, 9.17) is 4.74 Å². The van der Waals surface area contributed by atoms with Crippen LogP contribution in [0.5, 0.6) is 5.75 Å². The number of carbonyl (C=O) groups excluding carboxylic acids is 2. The number of carbonyl (C=O) groups is 2. The van der Waals surface area contributed by atoms with Crippen molar-refractivity contribution in [2.24, 2.45) is 0 Å². The Labute approximate surface area is 186 Å². The third-order valence-electron chi connectivity index (χ3n) is 5.96. The van der Waals surface area contributed by atoms with Gasteiger partial charge in [0.2, 0.25) is 15.9 Å². The summed E-state index contributed by atoms with van der Waals surface area (Å²) in [6, 6.07) is 17.7. The van der Waals surface area contributed by atoms with Crippen LogP contribution >= 0.6 is 0 Å². The fourth-order valence-electron chi connectivity index (χ4n) is 4.21. The SMILES string of the molecule is COc1ccc(N2C(=O)CC(N(C3CC3)S(=O)(=O)c3ccc4ccccc4c3)C2=O)cc1. The lowest BCUT2D eigenvalue weighted by molar-refractivity contribution is -0.122. The second-order valence-corrected chi connectivity index (χ2v) is 9.90. The van der Waals surface area contributed by atoms with E-state index in [1.807, 2.05) is 24.3 Å². The van der Waals surface area contributed by atoms with Gasteiger partial charge in [0.05, 0.1) is 24.1 Å². The van der Waals surface area contributed by atoms with Crippen LogP contribution in [0.4, 0.5) is 5.69 Å². The molecule has 0 aromatic heterocycles. The number of sulfonamides is 1. The zero-order valence-corrected chi connectivity index (χ0v) is 18.3. The lowest BCUT2D eigenvalue weighted by Crippen LogP contribution is -2.46. The van der Waals surface area contributed by atoms with Crippen LogP contribution in [-0.4, -0.2) is 43.7 Å². The van der Waals surface area contributed by atoms with Crippen LogP contribution in [-0.2, 0) is 19.6 Å². The molecule has 5 rings (SSSR count). The third-order valence-corrected chi connectivity index (χ3v) is 7.92. The Kier molecular flexibility index (Phi) is 4.98. The van der Waals surface area contributed by atoms with E-state index in [2.05, 4.69) is 0 Å². The predicted octanol–water partition coefficient (Wildman–Crippen LogP) is 3.33. The predicted molar refractivity (Wildman–Crippen MR) is 120 cm³/mol. The molecule has 2 amide bonds. The number of nitrogens with zero attached hydrogens (tertiary/aromatic N) is 2. The van der Waals surface area contributed by atoms with Gasteiger partial charge in [0.1, 0.15) is 11.8 Å². The molecular weight excluding hydrogens is 428 g/mol. The minimum absolute atomic E-state index is 0.131. The summed E-state index contributed by atoms with van der Waals surface area (Å²) in [6.45, 7) is 0. The summed E-state index contributed by atoms with van der Waals surface area (Å²) >= 11 is 0. The molecule has 0 bridgehead atoms. The molecule has 0 spiro atoms. The van der Waals surface area contributed by atoms with E-state index in [0.29, 0.717) is 24.3 Å². The number of hydrogen-bond acceptors (Lipinski definition) is 5. The molecular formula is C24H22N2O5S. The van der Waals surface area contributed by atoms with Crippen molar-refractivity contribution in [3.8, 4) is 5.75 Å². The standard InChI is InChI=1S/C24H22N2O5S/c1-31-20-11-9-18(10-12-20)25-23(27)15-22(24(25)28)26(19-7-8-19)32(29,30)21-13-6-16-4-2-3-5-17(16)14-21/h2-6,9-14,19,22H,7-8,15H2,1H3. The number of anilines is 1. The first-order valence-corrected chi connectivity index (χ1v) is 11.9. The van der Waals surface area contributed by atoms with Gasteiger partial charge in [-0.3, -0.25) is 9.59 Å². The van der Waals surface area contributed by atoms with Crippen molar-refractivity contribution in [2.45, 2.75) is 36.2 Å². The van der Waals surface area contributed by atoms with Gasteiger partial charge in [-0.2, -0.15) is 4.31 Å². The van der Waals surface area contributed by atoms with Gasteiger partial charge in [-0.1, -0.05) is 30.3 Å². The van der Waals surface area contributed by atoms with E-state index < -0.39 is 27.9 Å². The van der Waals surface area contributed by atoms with Crippen molar-refractivity contribution < 1.29 is 22.7 Å². The fraction of sp³-hybridized carbons (Fsp3) is 0.250. The molecule has 164 valence electrons. The number of methoxy groups -OCH3 is 1. The van der Waals surface area contributed by atoms with E-state index >= 15 is 0 Å². The van der Waals surface area contributed by atoms with Crippen LogP contribution in [0.15, 0.2) is 71.6 Å². The van der Waals surface area contributed by atoms with Gasteiger partial charge < -0.3 is 4.74 Å². The largest absolute Gasteiger partial charge is 0.497 e. The van der Waals surface area contributed by atoms with Crippen LogP contribution in [0.3, 0.4) is 0 Å². The summed E-state index contributed by atoms with van der Waals surface area (Å²) < 4.78 is 33.7. The Morgan fingerprint density at radius 3 is 2.28 bits per heavy atom. The molecule has 1 aliphatic heterocycles. The topological polar surface area (TPSA) is 84.0 Å². The molecule has 2 fully saturated rings. The monoisotopic (exact) mass is 450 g/mol. The summed E-state index contributed by atoms with van der Waals surface area (Å²) in [7, 11) is -2.44. The summed E-state index contributed by atoms with van der Waals surface area (Å²) in [5.41, 5.74) is 0.405. The maximum Gasteiger partial charge on any atom is 0.252 e. The molecule has 1 atom stereocenters. The third kappa shape index (κ3) is 3.45. The Morgan fingerprint density at radius 2 is 1.62 bits per heavy atom. The molecule has 3 aromatic rings. The number of imide groups is 1. The maximum atomic E-state index is 13.7. The van der Waals surface area contributed by atoms with E-state index in [1.54, 1.807) is 42.5 Å². The summed E-state index contributed by atoms with van der Waals surface area (Å²) in [4.78, 5) is 27.3. The van der Waals surface area contributed by atoms with Crippen molar-refractivity contribution in [2.75, 3.05) is 12.0 Å². The van der Waals surface area contributed by atoms with Gasteiger partial charge in [-0.05, 0) is 60.0 Å². The quantitative estimate of drug-likeness (QED) is 0.538. The van der Waals surface area contributed by atoms with Crippen molar-refractivity contribution in [3.63, 3.8) is 0 Å². The van der Waals surface area contributed by atoms with Crippen molar-refractivity contribution >= 4 is 38.3 Å². The van der Waals surface area contributed by atoms with Crippen LogP contribution in [0.1, 0.15) is 19.3 Å². The molecule has 32 heavy (non-hydrogen) atoms. The second kappa shape index (κ2) is 7.72. The normalized spacial score (nSPS) is 19.2. The minimum Gasteiger partial charge on any atom is -0.497 e. The highest BCUT2D eigenvalue weighted by atomic mass is 32.2. The molecule has 7 nitrogen and oxygen atoms in total. The molecule has 3 aromatic carbocycles. The zero-order valence-electron chi connectivity index (χ0n) is 17.5. The molecule has 0 N–H and O–H groups in total. The Balaban J connectivity index is 1.50. The first-order chi connectivity index (χ1) is 15.4. The highest BCUT2D eigenvalue weighted by molar-refractivity contribution is 7.89. The lowest BCUT2D eigenvalue weighted by Gasteiger charge is -2.27. The van der Waals surface area contributed by atoms with Gasteiger partial charge in [0, 0.05) is 6.04 Å². The molecule has 1 unspecified atom stereocenters. The summed E-state index contributed by atoms with van der Waals surface area (Å²) in [5.74, 6) is -0.330. The smallest absolute Gasteiger partial charge is 0.252 e. The van der Waals surface area contributed by atoms with Crippen molar-refractivity contribution in [3.05, 3.63) is 66.7 Å². The number of benzene rings is 3. The minimum atomic E-state index is -3.97. The number of rotatable bonds is 6. The number of amides is 2. The number of hydrogen-bond donors (Lipinski definition) is 0. The van der Waals surface area contributed by atoms with Gasteiger partial charge >= 0.3 is 0 Å². The first kappa shape index (κ1) is 20.7. The second-order valence-electron chi connectivity index (χ2n) is 8.06. The van der Waals surface area contributed by atoms with Gasteiger partial charge in [-0.15, -0.1) is 0 Å². The number of fused-ring (bicyclic) bond motifs is 1.